The molecule has 1 heterocycles. The molecule has 0 aliphatic carbocycles. The predicted molar refractivity (Wildman–Crippen MR) is 75.8 cm³/mol. The first-order valence-corrected chi connectivity index (χ1v) is 6.42. The molecule has 2 aromatic rings. The second-order valence-electron chi connectivity index (χ2n) is 4.77. The smallest absolute Gasteiger partial charge is 0.414 e. The fourth-order valence-corrected chi connectivity index (χ4v) is 2.25. The third-order valence-corrected chi connectivity index (χ3v) is 3.37. The minimum atomic E-state index is -0.881. The molecule has 1 unspecified atom stereocenters. The third kappa shape index (κ3) is 2.18. The summed E-state index contributed by atoms with van der Waals surface area (Å²) in [5.41, 5.74) is 0.963. The molecule has 3 rings (SSSR count). The van der Waals surface area contributed by atoms with Crippen molar-refractivity contribution in [2.75, 3.05) is 0 Å². The largest absolute Gasteiger partial charge is 0.515 e. The highest BCUT2D eigenvalue weighted by Crippen LogP contribution is 2.40. The minimum absolute atomic E-state index is 0.500. The first-order chi connectivity index (χ1) is 9.68. The van der Waals surface area contributed by atoms with E-state index >= 15 is 0 Å². The summed E-state index contributed by atoms with van der Waals surface area (Å²) in [4.78, 5) is 11.5. The van der Waals surface area contributed by atoms with Crippen molar-refractivity contribution in [2.24, 2.45) is 0 Å². The molecule has 0 radical (unpaired) electrons. The highest BCUT2D eigenvalue weighted by Gasteiger charge is 2.44. The first-order valence-electron chi connectivity index (χ1n) is 6.42. The van der Waals surface area contributed by atoms with Crippen molar-refractivity contribution in [3.05, 3.63) is 77.5 Å². The lowest BCUT2D eigenvalue weighted by Crippen LogP contribution is -2.22. The van der Waals surface area contributed by atoms with Crippen LogP contribution in [0.3, 0.4) is 0 Å². The number of ether oxygens (including phenoxy) is 2. The van der Waals surface area contributed by atoms with E-state index in [1.807, 2.05) is 73.7 Å². The van der Waals surface area contributed by atoms with Gasteiger partial charge < -0.3 is 9.47 Å². The van der Waals surface area contributed by atoms with Crippen molar-refractivity contribution in [2.45, 2.75) is 12.5 Å². The maximum atomic E-state index is 11.5. The highest BCUT2D eigenvalue weighted by molar-refractivity contribution is 5.71. The molecular weight excluding hydrogens is 252 g/mol. The molecule has 1 aliphatic rings. The number of cyclic esters (lactones) is 2. The SMILES string of the molecule is CC1(c2ccccc2)OC(=O)O/C1=C\c1ccccc1. The van der Waals surface area contributed by atoms with Crippen LogP contribution < -0.4 is 0 Å². The molecule has 1 atom stereocenters. The van der Waals surface area contributed by atoms with Crippen molar-refractivity contribution in [3.8, 4) is 0 Å². The molecule has 0 N–H and O–H groups in total. The molecule has 0 amide bonds. The summed E-state index contributed by atoms with van der Waals surface area (Å²) in [5, 5.41) is 0. The number of rotatable bonds is 2. The van der Waals surface area contributed by atoms with Gasteiger partial charge in [-0.2, -0.15) is 0 Å². The Bertz CT molecular complexity index is 646. The predicted octanol–water partition coefficient (Wildman–Crippen LogP) is 4.11. The van der Waals surface area contributed by atoms with Gasteiger partial charge >= 0.3 is 6.16 Å². The van der Waals surface area contributed by atoms with Crippen LogP contribution >= 0.6 is 0 Å². The summed E-state index contributed by atoms with van der Waals surface area (Å²) in [5.74, 6) is 0.500. The molecule has 2 aromatic carbocycles. The summed E-state index contributed by atoms with van der Waals surface area (Å²) in [6, 6.07) is 19.3. The fourth-order valence-electron chi connectivity index (χ4n) is 2.25. The van der Waals surface area contributed by atoms with Crippen LogP contribution in [0.5, 0.6) is 0 Å². The average molecular weight is 266 g/mol. The quantitative estimate of drug-likeness (QED) is 0.767. The zero-order valence-electron chi connectivity index (χ0n) is 11.1. The van der Waals surface area contributed by atoms with Gasteiger partial charge in [0.15, 0.2) is 11.4 Å². The van der Waals surface area contributed by atoms with E-state index < -0.39 is 11.8 Å². The molecule has 3 nitrogen and oxygen atoms in total. The van der Waals surface area contributed by atoms with Crippen molar-refractivity contribution < 1.29 is 14.3 Å². The van der Waals surface area contributed by atoms with Gasteiger partial charge in [-0.25, -0.2) is 4.79 Å². The zero-order valence-corrected chi connectivity index (χ0v) is 11.1. The molecular formula is C17H14O3. The van der Waals surface area contributed by atoms with Crippen LogP contribution in [0.25, 0.3) is 6.08 Å². The summed E-state index contributed by atoms with van der Waals surface area (Å²) in [7, 11) is 0. The second kappa shape index (κ2) is 4.85. The van der Waals surface area contributed by atoms with Gasteiger partial charge in [-0.3, -0.25) is 0 Å². The zero-order chi connectivity index (χ0) is 14.0. The van der Waals surface area contributed by atoms with E-state index in [0.29, 0.717) is 5.76 Å². The Morgan fingerprint density at radius 2 is 1.55 bits per heavy atom. The maximum absolute atomic E-state index is 11.5. The van der Waals surface area contributed by atoms with E-state index in [0.717, 1.165) is 11.1 Å². The van der Waals surface area contributed by atoms with Crippen LogP contribution in [-0.4, -0.2) is 6.16 Å². The number of benzene rings is 2. The van der Waals surface area contributed by atoms with Crippen molar-refractivity contribution in [3.63, 3.8) is 0 Å². The average Bonchev–Trinajstić information content (AvgIpc) is 2.76. The fraction of sp³-hybridized carbons (Fsp3) is 0.118. The topological polar surface area (TPSA) is 35.5 Å². The van der Waals surface area contributed by atoms with E-state index in [4.69, 9.17) is 9.47 Å². The number of hydrogen-bond donors (Lipinski definition) is 0. The van der Waals surface area contributed by atoms with E-state index in [2.05, 4.69) is 0 Å². The van der Waals surface area contributed by atoms with Crippen molar-refractivity contribution >= 4 is 12.2 Å². The van der Waals surface area contributed by atoms with Gasteiger partial charge in [-0.05, 0) is 18.6 Å². The monoisotopic (exact) mass is 266 g/mol. The molecule has 0 spiro atoms. The molecule has 0 bridgehead atoms. The molecule has 0 saturated carbocycles. The van der Waals surface area contributed by atoms with Crippen LogP contribution in [0.2, 0.25) is 0 Å². The standard InChI is InChI=1S/C17H14O3/c1-17(14-10-6-3-7-11-14)15(19-16(18)20-17)12-13-8-4-2-5-9-13/h2-12H,1H3/b15-12-. The second-order valence-corrected chi connectivity index (χ2v) is 4.77. The van der Waals surface area contributed by atoms with Crippen molar-refractivity contribution in [1.29, 1.82) is 0 Å². The van der Waals surface area contributed by atoms with Gasteiger partial charge in [0.25, 0.3) is 0 Å². The van der Waals surface area contributed by atoms with Crippen LogP contribution in [0.1, 0.15) is 18.1 Å². The first kappa shape index (κ1) is 12.5. The molecule has 100 valence electrons. The molecule has 3 heteroatoms. The molecule has 20 heavy (non-hydrogen) atoms. The Labute approximate surface area is 117 Å². The number of hydrogen-bond acceptors (Lipinski definition) is 3. The summed E-state index contributed by atoms with van der Waals surface area (Å²) in [6.07, 6.45) is 1.16. The van der Waals surface area contributed by atoms with Crippen LogP contribution in [0.15, 0.2) is 66.4 Å². The number of carbonyl (C=O) groups excluding carboxylic acids is 1. The highest BCUT2D eigenvalue weighted by atomic mass is 16.8. The van der Waals surface area contributed by atoms with Crippen molar-refractivity contribution in [1.82, 2.24) is 0 Å². The lowest BCUT2D eigenvalue weighted by molar-refractivity contribution is 0.0757. The maximum Gasteiger partial charge on any atom is 0.515 e. The molecule has 1 fully saturated rings. The van der Waals surface area contributed by atoms with E-state index in [1.165, 1.54) is 0 Å². The molecule has 1 aliphatic heterocycles. The minimum Gasteiger partial charge on any atom is -0.414 e. The van der Waals surface area contributed by atoms with Crippen LogP contribution in [0.4, 0.5) is 4.79 Å². The Morgan fingerprint density at radius 1 is 0.950 bits per heavy atom. The van der Waals surface area contributed by atoms with E-state index in [9.17, 15) is 4.79 Å². The molecule has 1 saturated heterocycles. The number of carbonyl (C=O) groups is 1. The summed E-state index contributed by atoms with van der Waals surface area (Å²) in [6.45, 7) is 1.84. The van der Waals surface area contributed by atoms with Gasteiger partial charge in [0, 0.05) is 5.56 Å². The lowest BCUT2D eigenvalue weighted by atomic mass is 9.93. The Balaban J connectivity index is 2.05. The lowest BCUT2D eigenvalue weighted by Gasteiger charge is -2.21. The Morgan fingerprint density at radius 3 is 2.20 bits per heavy atom. The summed E-state index contributed by atoms with van der Waals surface area (Å²) < 4.78 is 10.6. The third-order valence-electron chi connectivity index (χ3n) is 3.37. The molecule has 0 aromatic heterocycles. The van der Waals surface area contributed by atoms with E-state index in [1.54, 1.807) is 0 Å². The van der Waals surface area contributed by atoms with Gasteiger partial charge in [0.05, 0.1) is 0 Å². The van der Waals surface area contributed by atoms with Crippen LogP contribution in [-0.2, 0) is 15.1 Å². The Hall–Kier alpha value is -2.55. The van der Waals surface area contributed by atoms with Crippen LogP contribution in [0, 0.1) is 0 Å². The van der Waals surface area contributed by atoms with Gasteiger partial charge in [0.2, 0.25) is 0 Å². The van der Waals surface area contributed by atoms with Gasteiger partial charge in [0.1, 0.15) is 0 Å². The normalized spacial score (nSPS) is 23.4. The van der Waals surface area contributed by atoms with E-state index in [-0.39, 0.29) is 0 Å². The Kier molecular flexibility index (Phi) is 3.03. The van der Waals surface area contributed by atoms with Gasteiger partial charge in [-0.1, -0.05) is 60.7 Å². The van der Waals surface area contributed by atoms with Gasteiger partial charge in [-0.15, -0.1) is 0 Å². The summed E-state index contributed by atoms with van der Waals surface area (Å²) >= 11 is 0.